The standard InChI is InChI=1S/C19H19Cl2N3O2S/c1-25-17-6-3-12(9-18(17)26-2)7-8-22-19-24-23-16(11-27-19)13-4-5-14(20)15(21)10-13/h3-6,9-10H,7-8,11H2,1-2H3,(H,22,24). The molecule has 0 fully saturated rings. The average molecular weight is 424 g/mol. The van der Waals surface area contributed by atoms with Crippen molar-refractivity contribution in [2.45, 2.75) is 6.42 Å². The van der Waals surface area contributed by atoms with Gasteiger partial charge in [0.15, 0.2) is 16.7 Å². The van der Waals surface area contributed by atoms with E-state index in [1.807, 2.05) is 30.3 Å². The molecule has 1 N–H and O–H groups in total. The number of ether oxygens (including phenoxy) is 2. The van der Waals surface area contributed by atoms with Crippen molar-refractivity contribution in [3.63, 3.8) is 0 Å². The van der Waals surface area contributed by atoms with Gasteiger partial charge in [-0.2, -0.15) is 5.10 Å². The fraction of sp³-hybridized carbons (Fsp3) is 0.263. The molecule has 0 aromatic heterocycles. The van der Waals surface area contributed by atoms with Crippen molar-refractivity contribution in [1.82, 2.24) is 5.43 Å². The second-order valence-electron chi connectivity index (χ2n) is 5.71. The zero-order chi connectivity index (χ0) is 19.2. The number of amidine groups is 1. The minimum absolute atomic E-state index is 0.524. The van der Waals surface area contributed by atoms with Crippen LogP contribution in [0.25, 0.3) is 0 Å². The largest absolute Gasteiger partial charge is 0.493 e. The van der Waals surface area contributed by atoms with E-state index in [-0.39, 0.29) is 0 Å². The maximum absolute atomic E-state index is 6.07. The molecule has 142 valence electrons. The van der Waals surface area contributed by atoms with Crippen LogP contribution in [-0.4, -0.2) is 37.4 Å². The van der Waals surface area contributed by atoms with Gasteiger partial charge in [-0.25, -0.2) is 0 Å². The Balaban J connectivity index is 1.58. The topological polar surface area (TPSA) is 55.2 Å². The number of hydrogen-bond acceptors (Lipinski definition) is 5. The number of methoxy groups -OCH3 is 2. The third kappa shape index (κ3) is 5.09. The molecule has 1 heterocycles. The molecular formula is C19H19Cl2N3O2S. The Labute approximate surface area is 172 Å². The van der Waals surface area contributed by atoms with Gasteiger partial charge < -0.3 is 9.47 Å². The summed E-state index contributed by atoms with van der Waals surface area (Å²) in [5, 5.41) is 6.27. The smallest absolute Gasteiger partial charge is 0.177 e. The highest BCUT2D eigenvalue weighted by Gasteiger charge is 2.14. The number of aliphatic imine (C=N–C) groups is 1. The van der Waals surface area contributed by atoms with E-state index in [0.717, 1.165) is 45.7 Å². The predicted octanol–water partition coefficient (Wildman–Crippen LogP) is 4.65. The van der Waals surface area contributed by atoms with Crippen LogP contribution in [0.4, 0.5) is 0 Å². The number of halogens is 2. The molecule has 0 saturated carbocycles. The van der Waals surface area contributed by atoms with Gasteiger partial charge in [0, 0.05) is 17.9 Å². The van der Waals surface area contributed by atoms with Crippen LogP contribution in [0.2, 0.25) is 10.0 Å². The summed E-state index contributed by atoms with van der Waals surface area (Å²) in [7, 11) is 3.26. The third-order valence-corrected chi connectivity index (χ3v) is 5.64. The SMILES string of the molecule is COc1ccc(CCN=C2NN=C(c3ccc(Cl)c(Cl)c3)CS2)cc1OC. The molecule has 2 aromatic carbocycles. The lowest BCUT2D eigenvalue weighted by Gasteiger charge is -2.15. The molecule has 0 amide bonds. The van der Waals surface area contributed by atoms with Crippen molar-refractivity contribution in [2.24, 2.45) is 10.1 Å². The molecule has 1 aliphatic rings. The van der Waals surface area contributed by atoms with E-state index in [0.29, 0.717) is 16.6 Å². The second kappa shape index (κ2) is 9.35. The van der Waals surface area contributed by atoms with Crippen molar-refractivity contribution in [3.05, 3.63) is 57.6 Å². The Bertz CT molecular complexity index is 887. The fourth-order valence-corrected chi connectivity index (χ4v) is 3.64. The Kier molecular flexibility index (Phi) is 6.88. The van der Waals surface area contributed by atoms with Crippen molar-refractivity contribution in [2.75, 3.05) is 26.5 Å². The molecule has 0 saturated heterocycles. The van der Waals surface area contributed by atoms with Gasteiger partial charge >= 0.3 is 0 Å². The van der Waals surface area contributed by atoms with Crippen LogP contribution < -0.4 is 14.9 Å². The molecule has 5 nitrogen and oxygen atoms in total. The van der Waals surface area contributed by atoms with Crippen LogP contribution in [0.5, 0.6) is 11.5 Å². The molecule has 0 spiro atoms. The lowest BCUT2D eigenvalue weighted by Crippen LogP contribution is -2.25. The monoisotopic (exact) mass is 423 g/mol. The molecule has 0 unspecified atom stereocenters. The number of benzene rings is 2. The first kappa shape index (κ1) is 19.9. The minimum atomic E-state index is 0.524. The maximum Gasteiger partial charge on any atom is 0.177 e. The van der Waals surface area contributed by atoms with Crippen LogP contribution in [-0.2, 0) is 6.42 Å². The molecule has 0 radical (unpaired) electrons. The number of thioether (sulfide) groups is 1. The van der Waals surface area contributed by atoms with Crippen molar-refractivity contribution in [1.29, 1.82) is 0 Å². The Morgan fingerprint density at radius 2 is 1.89 bits per heavy atom. The zero-order valence-corrected chi connectivity index (χ0v) is 17.3. The zero-order valence-electron chi connectivity index (χ0n) is 15.0. The number of hydrogen-bond donors (Lipinski definition) is 1. The Morgan fingerprint density at radius 3 is 2.56 bits per heavy atom. The van der Waals surface area contributed by atoms with Gasteiger partial charge in [-0.1, -0.05) is 47.1 Å². The summed E-state index contributed by atoms with van der Waals surface area (Å²) in [4.78, 5) is 4.58. The van der Waals surface area contributed by atoms with Crippen LogP contribution in [0.3, 0.4) is 0 Å². The molecule has 0 atom stereocenters. The molecule has 0 bridgehead atoms. The highest BCUT2D eigenvalue weighted by molar-refractivity contribution is 8.14. The molecule has 27 heavy (non-hydrogen) atoms. The lowest BCUT2D eigenvalue weighted by molar-refractivity contribution is 0.354. The van der Waals surface area contributed by atoms with Gasteiger partial charge in [0.2, 0.25) is 0 Å². The molecule has 2 aromatic rings. The Morgan fingerprint density at radius 1 is 1.07 bits per heavy atom. The van der Waals surface area contributed by atoms with E-state index < -0.39 is 0 Å². The van der Waals surface area contributed by atoms with E-state index in [1.165, 1.54) is 0 Å². The first-order valence-electron chi connectivity index (χ1n) is 8.27. The van der Waals surface area contributed by atoms with Gasteiger partial charge in [0.05, 0.1) is 30.0 Å². The van der Waals surface area contributed by atoms with Crippen molar-refractivity contribution in [3.8, 4) is 11.5 Å². The summed E-state index contributed by atoms with van der Waals surface area (Å²) in [6.07, 6.45) is 0.801. The molecular weight excluding hydrogens is 405 g/mol. The molecule has 0 aliphatic carbocycles. The fourth-order valence-electron chi connectivity index (χ4n) is 2.54. The number of rotatable bonds is 6. The van der Waals surface area contributed by atoms with Gasteiger partial charge in [0.1, 0.15) is 0 Å². The van der Waals surface area contributed by atoms with Crippen molar-refractivity contribution < 1.29 is 9.47 Å². The normalized spacial score (nSPS) is 15.3. The first-order chi connectivity index (χ1) is 13.1. The van der Waals surface area contributed by atoms with E-state index in [4.69, 9.17) is 32.7 Å². The van der Waals surface area contributed by atoms with E-state index in [9.17, 15) is 0 Å². The van der Waals surface area contributed by atoms with E-state index in [2.05, 4.69) is 15.5 Å². The third-order valence-electron chi connectivity index (χ3n) is 3.99. The average Bonchev–Trinajstić information content (AvgIpc) is 2.70. The van der Waals surface area contributed by atoms with Crippen LogP contribution >= 0.6 is 35.0 Å². The van der Waals surface area contributed by atoms with Gasteiger partial charge in [-0.15, -0.1) is 0 Å². The molecule has 3 rings (SSSR count). The highest BCUT2D eigenvalue weighted by Crippen LogP contribution is 2.28. The summed E-state index contributed by atoms with van der Waals surface area (Å²) in [5.41, 5.74) is 6.01. The highest BCUT2D eigenvalue weighted by atomic mass is 35.5. The quantitative estimate of drug-likeness (QED) is 0.734. The molecule has 8 heteroatoms. The van der Waals surface area contributed by atoms with Gasteiger partial charge in [-0.3, -0.25) is 10.4 Å². The number of hydrazone groups is 1. The lowest BCUT2D eigenvalue weighted by atomic mass is 10.1. The van der Waals surface area contributed by atoms with Crippen LogP contribution in [0.15, 0.2) is 46.5 Å². The summed E-state index contributed by atoms with van der Waals surface area (Å²) in [5.74, 6) is 2.17. The summed E-state index contributed by atoms with van der Waals surface area (Å²) in [6.45, 7) is 0.655. The van der Waals surface area contributed by atoms with E-state index in [1.54, 1.807) is 32.0 Å². The summed E-state index contributed by atoms with van der Waals surface area (Å²) in [6, 6.07) is 11.4. The summed E-state index contributed by atoms with van der Waals surface area (Å²) < 4.78 is 10.6. The van der Waals surface area contributed by atoms with Crippen LogP contribution in [0, 0.1) is 0 Å². The summed E-state index contributed by atoms with van der Waals surface area (Å²) >= 11 is 13.6. The van der Waals surface area contributed by atoms with Gasteiger partial charge in [0.25, 0.3) is 0 Å². The number of nitrogens with one attached hydrogen (secondary N) is 1. The Hall–Kier alpha value is -1.89. The van der Waals surface area contributed by atoms with Crippen LogP contribution in [0.1, 0.15) is 11.1 Å². The molecule has 1 aliphatic heterocycles. The predicted molar refractivity (Wildman–Crippen MR) is 114 cm³/mol. The second-order valence-corrected chi connectivity index (χ2v) is 7.49. The minimum Gasteiger partial charge on any atom is -0.493 e. The van der Waals surface area contributed by atoms with Gasteiger partial charge in [-0.05, 0) is 36.2 Å². The first-order valence-corrected chi connectivity index (χ1v) is 10.0. The number of nitrogens with zero attached hydrogens (tertiary/aromatic N) is 2. The van der Waals surface area contributed by atoms with E-state index >= 15 is 0 Å². The maximum atomic E-state index is 6.07. The van der Waals surface area contributed by atoms with Crippen molar-refractivity contribution >= 4 is 45.8 Å².